The second-order valence-electron chi connectivity index (χ2n) is 7.12. The number of aliphatic imine (C=N–C) groups is 1. The molecule has 0 saturated heterocycles. The molecule has 2 N–H and O–H groups in total. The molecule has 29 heavy (non-hydrogen) atoms. The highest BCUT2D eigenvalue weighted by molar-refractivity contribution is 6.29. The number of aromatic nitrogens is 2. The number of hydrogen-bond donors (Lipinski definition) is 1. The Morgan fingerprint density at radius 1 is 1.45 bits per heavy atom. The van der Waals surface area contributed by atoms with Gasteiger partial charge in [0.25, 0.3) is 12.4 Å². The molecule has 0 spiro atoms. The van der Waals surface area contributed by atoms with Gasteiger partial charge in [-0.05, 0) is 31.0 Å². The molecule has 1 fully saturated rings. The first kappa shape index (κ1) is 19.6. The van der Waals surface area contributed by atoms with Crippen molar-refractivity contribution in [2.75, 3.05) is 0 Å². The van der Waals surface area contributed by atoms with Crippen LogP contribution in [-0.2, 0) is 16.7 Å². The molecule has 1 aromatic heterocycles. The number of carbonyl (C=O) groups excluding carboxylic acids is 1. The molecule has 4 rings (SSSR count). The largest absolute Gasteiger partial charge is 0.462 e. The number of amidine groups is 1. The van der Waals surface area contributed by atoms with E-state index in [1.807, 2.05) is 0 Å². The number of hydrogen-bond acceptors (Lipinski definition) is 6. The summed E-state index contributed by atoms with van der Waals surface area (Å²) < 4.78 is 48.2. The summed E-state index contributed by atoms with van der Waals surface area (Å²) >= 11 is 5.75. The van der Waals surface area contributed by atoms with Crippen LogP contribution in [-0.4, -0.2) is 34.3 Å². The van der Waals surface area contributed by atoms with Crippen molar-refractivity contribution in [3.63, 3.8) is 0 Å². The molecule has 3 atom stereocenters. The number of ether oxygens (including phenoxy) is 1. The summed E-state index contributed by atoms with van der Waals surface area (Å²) in [5, 5.41) is 0.149. The average molecular weight is 425 g/mol. The molecule has 1 aliphatic heterocycles. The van der Waals surface area contributed by atoms with E-state index in [4.69, 9.17) is 22.1 Å². The van der Waals surface area contributed by atoms with E-state index in [1.165, 1.54) is 18.3 Å². The van der Waals surface area contributed by atoms with Gasteiger partial charge in [0, 0.05) is 17.9 Å². The lowest BCUT2D eigenvalue weighted by Crippen LogP contribution is -2.43. The molecule has 0 radical (unpaired) electrons. The molecule has 0 unspecified atom stereocenters. The normalized spacial score (nSPS) is 25.2. The van der Waals surface area contributed by atoms with E-state index in [0.29, 0.717) is 17.7 Å². The molecule has 1 aromatic carbocycles. The summed E-state index contributed by atoms with van der Waals surface area (Å²) in [6.45, 7) is 1.58. The van der Waals surface area contributed by atoms with Gasteiger partial charge in [-0.15, -0.1) is 0 Å². The Bertz CT molecular complexity index is 1030. The molecular weight excluding hydrogens is 409 g/mol. The zero-order valence-corrected chi connectivity index (χ0v) is 16.0. The summed E-state index contributed by atoms with van der Waals surface area (Å²) in [5.41, 5.74) is 3.94. The van der Waals surface area contributed by atoms with Crippen LogP contribution in [0.15, 0.2) is 29.4 Å². The maximum absolute atomic E-state index is 14.6. The summed E-state index contributed by atoms with van der Waals surface area (Å²) in [6, 6.07) is 3.28. The van der Waals surface area contributed by atoms with Gasteiger partial charge in [-0.3, -0.25) is 4.79 Å². The number of nitrogens with two attached hydrogens (primary N) is 1. The lowest BCUT2D eigenvalue weighted by Gasteiger charge is -2.33. The van der Waals surface area contributed by atoms with Crippen molar-refractivity contribution in [3.05, 3.63) is 57.9 Å². The fourth-order valence-electron chi connectivity index (χ4n) is 3.79. The van der Waals surface area contributed by atoms with E-state index in [9.17, 15) is 18.0 Å². The van der Waals surface area contributed by atoms with Crippen LogP contribution in [0.25, 0.3) is 0 Å². The van der Waals surface area contributed by atoms with Crippen molar-refractivity contribution in [1.29, 1.82) is 0 Å². The van der Waals surface area contributed by atoms with Crippen LogP contribution < -0.4 is 5.73 Å². The highest BCUT2D eigenvalue weighted by Gasteiger charge is 2.64. The predicted octanol–water partition coefficient (Wildman–Crippen LogP) is 3.20. The first-order chi connectivity index (χ1) is 13.7. The molecule has 2 heterocycles. The van der Waals surface area contributed by atoms with Crippen molar-refractivity contribution in [2.24, 2.45) is 16.6 Å². The highest BCUT2D eigenvalue weighted by Crippen LogP contribution is 2.56. The number of carbonyl (C=O) groups is 1. The Morgan fingerprint density at radius 3 is 2.90 bits per heavy atom. The van der Waals surface area contributed by atoms with Crippen molar-refractivity contribution < 1.29 is 22.7 Å². The fraction of sp³-hybridized carbons (Fsp3) is 0.368. The first-order valence-corrected chi connectivity index (χ1v) is 9.21. The van der Waals surface area contributed by atoms with Crippen molar-refractivity contribution in [1.82, 2.24) is 9.97 Å². The Hall–Kier alpha value is -2.68. The fourth-order valence-corrected chi connectivity index (χ4v) is 3.96. The molecule has 0 amide bonds. The Balaban J connectivity index is 1.71. The molecule has 1 saturated carbocycles. The summed E-state index contributed by atoms with van der Waals surface area (Å²) in [6.07, 6.45) is -2.14. The van der Waals surface area contributed by atoms with Crippen LogP contribution in [0, 0.1) is 18.7 Å². The monoisotopic (exact) mass is 424 g/mol. The number of rotatable bonds is 5. The summed E-state index contributed by atoms with van der Waals surface area (Å²) in [4.78, 5) is 24.4. The molecule has 2 aromatic rings. The number of alkyl halides is 2. The number of benzene rings is 1. The van der Waals surface area contributed by atoms with Crippen molar-refractivity contribution in [2.45, 2.75) is 37.8 Å². The minimum atomic E-state index is -3.00. The zero-order valence-electron chi connectivity index (χ0n) is 15.2. The highest BCUT2D eigenvalue weighted by atomic mass is 35.5. The van der Waals surface area contributed by atoms with E-state index < -0.39 is 41.6 Å². The van der Waals surface area contributed by atoms with E-state index >= 15 is 0 Å². The van der Waals surface area contributed by atoms with E-state index in [-0.39, 0.29) is 22.8 Å². The van der Waals surface area contributed by atoms with Gasteiger partial charge in [0.15, 0.2) is 11.3 Å². The Morgan fingerprint density at radius 2 is 2.21 bits per heavy atom. The number of Topliss-reactive ketones (excluding diaryl/α,β-unsaturated/α-hetero) is 1. The van der Waals surface area contributed by atoms with Crippen LogP contribution in [0.4, 0.5) is 13.2 Å². The van der Waals surface area contributed by atoms with Crippen LogP contribution in [0.5, 0.6) is 0 Å². The summed E-state index contributed by atoms with van der Waals surface area (Å²) in [5.74, 6) is -1.91. The minimum Gasteiger partial charge on any atom is -0.462 e. The van der Waals surface area contributed by atoms with Crippen molar-refractivity contribution >= 4 is 23.4 Å². The van der Waals surface area contributed by atoms with Gasteiger partial charge in [0.2, 0.25) is 0 Å². The first-order valence-electron chi connectivity index (χ1n) is 8.83. The van der Waals surface area contributed by atoms with Crippen LogP contribution in [0.1, 0.15) is 33.7 Å². The Labute approximate surface area is 169 Å². The molecular formula is C19H16ClF3N4O2. The molecule has 10 heteroatoms. The maximum atomic E-state index is 14.6. The minimum absolute atomic E-state index is 0.111. The molecule has 2 aliphatic rings. The van der Waals surface area contributed by atoms with E-state index in [2.05, 4.69) is 15.0 Å². The van der Waals surface area contributed by atoms with E-state index in [0.717, 1.165) is 6.07 Å². The number of ketones is 1. The molecule has 152 valence electrons. The van der Waals surface area contributed by atoms with Gasteiger partial charge in [-0.25, -0.2) is 28.1 Å². The lowest BCUT2D eigenvalue weighted by atomic mass is 9.83. The molecule has 6 nitrogen and oxygen atoms in total. The van der Waals surface area contributed by atoms with Gasteiger partial charge in [0.05, 0.1) is 11.9 Å². The van der Waals surface area contributed by atoms with Crippen LogP contribution >= 0.6 is 11.6 Å². The maximum Gasteiger partial charge on any atom is 0.283 e. The van der Waals surface area contributed by atoms with Gasteiger partial charge in [-0.2, -0.15) is 0 Å². The molecule has 1 aliphatic carbocycles. The third-order valence-electron chi connectivity index (χ3n) is 5.21. The Kier molecular flexibility index (Phi) is 4.72. The third-order valence-corrected chi connectivity index (χ3v) is 5.39. The number of fused-ring (bicyclic) bond motifs is 1. The van der Waals surface area contributed by atoms with Gasteiger partial charge < -0.3 is 10.5 Å². The van der Waals surface area contributed by atoms with Gasteiger partial charge >= 0.3 is 0 Å². The van der Waals surface area contributed by atoms with Gasteiger partial charge in [-0.1, -0.05) is 17.7 Å². The topological polar surface area (TPSA) is 90.5 Å². The van der Waals surface area contributed by atoms with E-state index in [1.54, 1.807) is 6.92 Å². The third kappa shape index (κ3) is 3.33. The SMILES string of the molecule is Cc1nc(Cl)cnc1C(=O)Cc1ccc(F)c([C@]2(C(F)F)N=C(N)O[C@H]3C[C@H]32)c1. The zero-order chi connectivity index (χ0) is 20.9. The summed E-state index contributed by atoms with van der Waals surface area (Å²) in [7, 11) is 0. The van der Waals surface area contributed by atoms with Crippen LogP contribution in [0.3, 0.4) is 0 Å². The second kappa shape index (κ2) is 6.98. The number of aryl methyl sites for hydroxylation is 1. The number of nitrogens with zero attached hydrogens (tertiary/aromatic N) is 3. The smallest absolute Gasteiger partial charge is 0.283 e. The molecule has 0 bridgehead atoms. The predicted molar refractivity (Wildman–Crippen MR) is 98.5 cm³/mol. The average Bonchev–Trinajstić information content (AvgIpc) is 3.41. The lowest BCUT2D eigenvalue weighted by molar-refractivity contribution is 0.0176. The van der Waals surface area contributed by atoms with Gasteiger partial charge in [0.1, 0.15) is 22.8 Å². The second-order valence-corrected chi connectivity index (χ2v) is 7.50. The number of halogens is 4. The van der Waals surface area contributed by atoms with Crippen LogP contribution in [0.2, 0.25) is 5.15 Å². The van der Waals surface area contributed by atoms with Crippen molar-refractivity contribution in [3.8, 4) is 0 Å². The quantitative estimate of drug-likeness (QED) is 0.744. The standard InChI is InChI=1S/C19H16ClF3N4O2/c1-8-16(25-7-15(20)26-8)13(28)5-9-2-3-12(21)10(4-9)19(17(22)23)11-6-14(11)29-18(24)27-19/h2-4,7,11,14,17H,5-6H2,1H3,(H2,24,27)/t11-,14+,19+/m1/s1.